The maximum Gasteiger partial charge on any atom is 0.187 e. The van der Waals surface area contributed by atoms with Crippen molar-refractivity contribution >= 4 is 0 Å². The summed E-state index contributed by atoms with van der Waals surface area (Å²) in [6.45, 7) is 21.3. The molecule has 12 atom stereocenters. The first-order chi connectivity index (χ1) is 29.8. The van der Waals surface area contributed by atoms with Crippen LogP contribution >= 0.6 is 0 Å². The van der Waals surface area contributed by atoms with Gasteiger partial charge in [-0.1, -0.05) is 155 Å². The third kappa shape index (κ3) is 20.1. The van der Waals surface area contributed by atoms with E-state index in [1.165, 1.54) is 0 Å². The Morgan fingerprint density at radius 2 is 0.656 bits per heavy atom. The van der Waals surface area contributed by atoms with Gasteiger partial charge in [-0.05, 0) is 83.1 Å². The lowest BCUT2D eigenvalue weighted by atomic mass is 9.98. The van der Waals surface area contributed by atoms with Crippen molar-refractivity contribution in [3.8, 4) is 0 Å². The molecule has 0 aromatic rings. The quantitative estimate of drug-likeness (QED) is 0.0617. The van der Waals surface area contributed by atoms with E-state index in [9.17, 15) is 40.9 Å². The Balaban J connectivity index is 1.89. The molecular weight excluding hydrogens is 817 g/mol. The summed E-state index contributed by atoms with van der Waals surface area (Å²) in [5.41, 5.74) is 3.42. The van der Waals surface area contributed by atoms with Gasteiger partial charge < -0.3 is 59.8 Å². The molecule has 0 bridgehead atoms. The first kappa shape index (κ1) is 56.3. The van der Waals surface area contributed by atoms with Gasteiger partial charge in [-0.15, -0.1) is 0 Å². The molecule has 0 aromatic carbocycles. The molecular formula is C52H76O12. The minimum absolute atomic E-state index is 0.754. The van der Waals surface area contributed by atoms with Crippen LogP contribution in [-0.4, -0.2) is 126 Å². The van der Waals surface area contributed by atoms with Gasteiger partial charge in [0.1, 0.15) is 48.8 Å². The largest absolute Gasteiger partial charge is 0.388 e. The lowest BCUT2D eigenvalue weighted by Crippen LogP contribution is -2.58. The summed E-state index contributed by atoms with van der Waals surface area (Å²) >= 11 is 0. The van der Waals surface area contributed by atoms with E-state index in [4.69, 9.17) is 18.9 Å². The van der Waals surface area contributed by atoms with E-state index >= 15 is 0 Å². The maximum atomic E-state index is 10.7. The van der Waals surface area contributed by atoms with Crippen LogP contribution < -0.4 is 0 Å². The fourth-order valence-corrected chi connectivity index (χ4v) is 6.07. The molecule has 0 radical (unpaired) electrons. The summed E-state index contributed by atoms with van der Waals surface area (Å²) in [7, 11) is 0. The minimum atomic E-state index is -1.47. The van der Waals surface area contributed by atoms with Gasteiger partial charge >= 0.3 is 0 Å². The molecule has 0 saturated carbocycles. The van der Waals surface area contributed by atoms with Crippen molar-refractivity contribution in [2.24, 2.45) is 0 Å². The van der Waals surface area contributed by atoms with Crippen molar-refractivity contribution in [1.82, 2.24) is 0 Å². The van der Waals surface area contributed by atoms with Crippen molar-refractivity contribution in [2.45, 2.75) is 168 Å². The normalized spacial score (nSPS) is 30.5. The molecule has 12 heteroatoms. The first-order valence-electron chi connectivity index (χ1n) is 21.7. The van der Waals surface area contributed by atoms with E-state index in [0.717, 1.165) is 33.4 Å². The topological polar surface area (TPSA) is 199 Å². The van der Waals surface area contributed by atoms with Gasteiger partial charge in [-0.25, -0.2) is 0 Å². The van der Waals surface area contributed by atoms with Crippen LogP contribution in [0, 0.1) is 0 Å². The predicted octanol–water partition coefficient (Wildman–Crippen LogP) is 6.52. The molecule has 64 heavy (non-hydrogen) atoms. The highest BCUT2D eigenvalue weighted by molar-refractivity contribution is 5.34. The number of hydrogen-bond acceptors (Lipinski definition) is 12. The van der Waals surface area contributed by atoms with Crippen molar-refractivity contribution in [2.75, 3.05) is 0 Å². The minimum Gasteiger partial charge on any atom is -0.388 e. The van der Waals surface area contributed by atoms with Crippen LogP contribution in [-0.2, 0) is 18.9 Å². The Kier molecular flexibility index (Phi) is 23.7. The molecule has 8 N–H and O–H groups in total. The van der Waals surface area contributed by atoms with Crippen molar-refractivity contribution in [1.29, 1.82) is 0 Å². The fraction of sp³-hybridized carbons (Fsp3) is 0.500. The zero-order valence-electron chi connectivity index (χ0n) is 39.7. The Morgan fingerprint density at radius 3 is 0.922 bits per heavy atom. The zero-order chi connectivity index (χ0) is 48.4. The highest BCUT2D eigenvalue weighted by atomic mass is 16.7. The van der Waals surface area contributed by atoms with Crippen molar-refractivity contribution in [3.63, 3.8) is 0 Å². The standard InChI is InChI=1S/C52H76O12/c1-33(21-15-23-35(3)25-17-27-37(5)29-31-41(51(9,10)59)63-49-47(57)45(55)43(53)39(7)61-49)19-13-14-20-34(2)22-16-24-36(4)26-18-28-38(6)30-32-42(52(11,12)60)64-50-48(58)46(56)44(54)40(8)62-50/h13-32,39-50,53-60H,1-12H3/b14-13+,21-15+,22-16+,25-17+,26-18+,31-29+,32-30+,33-19+,34-20+,35-23+,36-24+,37-27+,38-28+/t39-,40+,41-,42-,43-,44+,45+,46-,47+,48-,49+,50-/m0/s1. The van der Waals surface area contributed by atoms with E-state index in [2.05, 4.69) is 0 Å². The van der Waals surface area contributed by atoms with Crippen LogP contribution in [0.3, 0.4) is 0 Å². The molecule has 2 aliphatic heterocycles. The SMILES string of the molecule is CC(/C=C/C=C(C)/C=C/C=C(C)/C=C/[C@H](O[C@@H]1O[C@H](C)[C@@H](O)[C@H](O)[C@@H]1O)C(C)(C)O)=C\C=C\C=C(C)\C=C\C=C(C)\C=C\C=C(C)\C=C\[C@H](O[C@H]1O[C@@H](C)[C@H](O)[C@@H](O)[C@H]1O)C(C)(C)O. The van der Waals surface area contributed by atoms with Crippen LogP contribution in [0.1, 0.15) is 83.1 Å². The van der Waals surface area contributed by atoms with Gasteiger partial charge in [-0.2, -0.15) is 0 Å². The first-order valence-corrected chi connectivity index (χ1v) is 21.7. The Bertz CT molecular complexity index is 1740. The van der Waals surface area contributed by atoms with E-state index in [1.807, 2.05) is 139 Å². The van der Waals surface area contributed by atoms with Gasteiger partial charge in [0.15, 0.2) is 12.6 Å². The molecule has 0 spiro atoms. The second kappa shape index (κ2) is 26.9. The second-order valence-corrected chi connectivity index (χ2v) is 17.8. The molecule has 2 heterocycles. The molecule has 0 aromatic heterocycles. The molecule has 2 aliphatic rings. The highest BCUT2D eigenvalue weighted by Crippen LogP contribution is 2.28. The molecule has 0 amide bonds. The highest BCUT2D eigenvalue weighted by Gasteiger charge is 2.45. The van der Waals surface area contributed by atoms with Crippen LogP contribution in [0.4, 0.5) is 0 Å². The van der Waals surface area contributed by atoms with E-state index in [0.29, 0.717) is 0 Å². The number of ether oxygens (including phenoxy) is 4. The lowest BCUT2D eigenvalue weighted by molar-refractivity contribution is -0.309. The summed E-state index contributed by atoms with van der Waals surface area (Å²) in [5.74, 6) is 0. The van der Waals surface area contributed by atoms with Gasteiger partial charge in [0.05, 0.1) is 23.4 Å². The molecule has 356 valence electrons. The molecule has 0 aliphatic carbocycles. The van der Waals surface area contributed by atoms with E-state index in [1.54, 1.807) is 65.8 Å². The van der Waals surface area contributed by atoms with Crippen LogP contribution in [0.2, 0.25) is 0 Å². The van der Waals surface area contributed by atoms with Gasteiger partial charge in [0.25, 0.3) is 0 Å². The summed E-state index contributed by atoms with van der Waals surface area (Å²) < 4.78 is 22.8. The Hall–Kier alpha value is -3.86. The Morgan fingerprint density at radius 1 is 0.406 bits per heavy atom. The molecule has 12 nitrogen and oxygen atoms in total. The molecule has 0 unspecified atom stereocenters. The zero-order valence-corrected chi connectivity index (χ0v) is 39.7. The number of rotatable bonds is 20. The summed E-state index contributed by atoms with van der Waals surface area (Å²) in [4.78, 5) is 0. The average Bonchev–Trinajstić information content (AvgIpc) is 3.20. The average molecular weight is 893 g/mol. The number of aliphatic hydroxyl groups is 8. The summed E-state index contributed by atoms with van der Waals surface area (Å²) in [6.07, 6.45) is 24.7. The molecule has 2 fully saturated rings. The third-order valence-electron chi connectivity index (χ3n) is 10.3. The third-order valence-corrected chi connectivity index (χ3v) is 10.3. The van der Waals surface area contributed by atoms with E-state index < -0.39 is 84.8 Å². The number of hydrogen-bond donors (Lipinski definition) is 8. The lowest BCUT2D eigenvalue weighted by Gasteiger charge is -2.41. The monoisotopic (exact) mass is 893 g/mol. The van der Waals surface area contributed by atoms with Gasteiger partial charge in [-0.3, -0.25) is 0 Å². The van der Waals surface area contributed by atoms with E-state index in [-0.39, 0.29) is 0 Å². The predicted molar refractivity (Wildman–Crippen MR) is 254 cm³/mol. The summed E-state index contributed by atoms with van der Waals surface area (Å²) in [6, 6.07) is 0. The van der Waals surface area contributed by atoms with Gasteiger partial charge in [0.2, 0.25) is 0 Å². The Labute approximate surface area is 381 Å². The van der Waals surface area contributed by atoms with Crippen molar-refractivity contribution in [3.05, 3.63) is 155 Å². The van der Waals surface area contributed by atoms with Crippen LogP contribution in [0.15, 0.2) is 155 Å². The summed E-state index contributed by atoms with van der Waals surface area (Å²) in [5, 5.41) is 82.2. The fourth-order valence-electron chi connectivity index (χ4n) is 6.07. The van der Waals surface area contributed by atoms with Crippen LogP contribution in [0.5, 0.6) is 0 Å². The maximum absolute atomic E-state index is 10.7. The molecule has 2 rings (SSSR count). The second-order valence-electron chi connectivity index (χ2n) is 17.8. The number of aliphatic hydroxyl groups excluding tert-OH is 6. The van der Waals surface area contributed by atoms with Gasteiger partial charge in [0, 0.05) is 0 Å². The van der Waals surface area contributed by atoms with Crippen LogP contribution in [0.25, 0.3) is 0 Å². The number of allylic oxidation sites excluding steroid dienone is 24. The smallest absolute Gasteiger partial charge is 0.187 e. The molecule has 2 saturated heterocycles. The van der Waals surface area contributed by atoms with Crippen molar-refractivity contribution < 1.29 is 59.8 Å².